The van der Waals surface area contributed by atoms with Crippen LogP contribution in [-0.2, 0) is 14.4 Å². The zero-order chi connectivity index (χ0) is 12.3. The van der Waals surface area contributed by atoms with Crippen molar-refractivity contribution < 1.29 is 29.7 Å². The van der Waals surface area contributed by atoms with Crippen LogP contribution >= 0.6 is 0 Å². The van der Waals surface area contributed by atoms with E-state index in [2.05, 4.69) is 0 Å². The van der Waals surface area contributed by atoms with Crippen LogP contribution in [0.4, 0.5) is 0 Å². The minimum atomic E-state index is -0.963. The Bertz CT molecular complexity index is 169. The van der Waals surface area contributed by atoms with Crippen LogP contribution in [0.2, 0.25) is 0 Å². The lowest BCUT2D eigenvalue weighted by Crippen LogP contribution is -2.25. The highest BCUT2D eigenvalue weighted by Gasteiger charge is 1.99. The van der Waals surface area contributed by atoms with Gasteiger partial charge in [0, 0.05) is 13.8 Å². The van der Waals surface area contributed by atoms with Crippen molar-refractivity contribution in [3.8, 4) is 0 Å². The van der Waals surface area contributed by atoms with Gasteiger partial charge in [0.2, 0.25) is 0 Å². The topological polar surface area (TPSA) is 138 Å². The predicted molar refractivity (Wildman–Crippen MR) is 47.9 cm³/mol. The fourth-order valence-corrected chi connectivity index (χ4v) is 0. The van der Waals surface area contributed by atoms with Crippen LogP contribution in [0.5, 0.6) is 0 Å². The van der Waals surface area contributed by atoms with Gasteiger partial charge in [-0.2, -0.15) is 0 Å². The first-order chi connectivity index (χ1) is 6.11. The summed E-state index contributed by atoms with van der Waals surface area (Å²) in [5.74, 6) is -2.63. The molecule has 1 atom stereocenters. The zero-order valence-electron chi connectivity index (χ0n) is 8.22. The molecular formula is C7H15NO6. The summed E-state index contributed by atoms with van der Waals surface area (Å²) in [6, 6.07) is -0.731. The monoisotopic (exact) mass is 209 g/mol. The molecule has 0 saturated carbocycles. The van der Waals surface area contributed by atoms with Crippen molar-refractivity contribution in [2.75, 3.05) is 0 Å². The maximum absolute atomic E-state index is 9.57. The van der Waals surface area contributed by atoms with Crippen molar-refractivity contribution in [2.45, 2.75) is 26.8 Å². The van der Waals surface area contributed by atoms with Crippen molar-refractivity contribution in [3.05, 3.63) is 0 Å². The van der Waals surface area contributed by atoms with Gasteiger partial charge in [-0.1, -0.05) is 0 Å². The molecule has 0 aromatic carbocycles. The Balaban J connectivity index is -0.000000135. The number of hydrogen-bond acceptors (Lipinski definition) is 4. The Kier molecular flexibility index (Phi) is 14.8. The Hall–Kier alpha value is -1.63. The standard InChI is InChI=1S/C3H7NO2.2C2H4O2/c1-2(4)3(5)6;2*1-2(3)4/h2H,4H2,1H3,(H,5,6);2*1H3,(H,3,4). The maximum Gasteiger partial charge on any atom is 0.320 e. The fraction of sp³-hybridized carbons (Fsp3) is 0.571. The highest BCUT2D eigenvalue weighted by molar-refractivity contribution is 5.72. The van der Waals surface area contributed by atoms with Gasteiger partial charge in [0.1, 0.15) is 6.04 Å². The molecule has 1 unspecified atom stereocenters. The van der Waals surface area contributed by atoms with E-state index in [1.807, 2.05) is 0 Å². The van der Waals surface area contributed by atoms with E-state index in [1.54, 1.807) is 0 Å². The van der Waals surface area contributed by atoms with Crippen LogP contribution in [0.15, 0.2) is 0 Å². The van der Waals surface area contributed by atoms with Crippen LogP contribution in [0.25, 0.3) is 0 Å². The van der Waals surface area contributed by atoms with E-state index >= 15 is 0 Å². The molecule has 0 rings (SSSR count). The smallest absolute Gasteiger partial charge is 0.320 e. The van der Waals surface area contributed by atoms with Crippen LogP contribution in [0.3, 0.4) is 0 Å². The third-order valence-corrected chi connectivity index (χ3v) is 0.390. The summed E-state index contributed by atoms with van der Waals surface area (Å²) in [5.41, 5.74) is 4.84. The van der Waals surface area contributed by atoms with Gasteiger partial charge in [0.25, 0.3) is 11.9 Å². The summed E-state index contributed by atoms with van der Waals surface area (Å²) >= 11 is 0. The summed E-state index contributed by atoms with van der Waals surface area (Å²) < 4.78 is 0. The molecule has 0 spiro atoms. The normalized spacial score (nSPS) is 9.43. The number of aliphatic carboxylic acids is 3. The van der Waals surface area contributed by atoms with Gasteiger partial charge in [-0.05, 0) is 6.92 Å². The number of carbonyl (C=O) groups is 3. The first-order valence-electron chi connectivity index (χ1n) is 3.48. The van der Waals surface area contributed by atoms with E-state index in [1.165, 1.54) is 6.92 Å². The summed E-state index contributed by atoms with van der Waals surface area (Å²) in [6.07, 6.45) is 0. The molecule has 0 aromatic heterocycles. The minimum Gasteiger partial charge on any atom is -0.481 e. The second-order valence-corrected chi connectivity index (χ2v) is 2.16. The SMILES string of the molecule is CC(=O)O.CC(=O)O.CC(N)C(=O)O. The third-order valence-electron chi connectivity index (χ3n) is 0.390. The minimum absolute atomic E-state index is 0.731. The second-order valence-electron chi connectivity index (χ2n) is 2.16. The Morgan fingerprint density at radius 1 is 1.00 bits per heavy atom. The molecule has 0 amide bonds. The van der Waals surface area contributed by atoms with Crippen LogP contribution in [0.1, 0.15) is 20.8 Å². The molecule has 0 radical (unpaired) electrons. The summed E-state index contributed by atoms with van der Waals surface area (Å²) in [5, 5.41) is 22.7. The highest BCUT2D eigenvalue weighted by atomic mass is 16.4. The van der Waals surface area contributed by atoms with Crippen molar-refractivity contribution in [1.82, 2.24) is 0 Å². The van der Waals surface area contributed by atoms with Crippen LogP contribution in [0, 0.1) is 0 Å². The summed E-state index contributed by atoms with van der Waals surface area (Å²) in [6.45, 7) is 3.59. The van der Waals surface area contributed by atoms with Gasteiger partial charge < -0.3 is 21.1 Å². The lowest BCUT2D eigenvalue weighted by molar-refractivity contribution is -0.138. The summed E-state index contributed by atoms with van der Waals surface area (Å²) in [7, 11) is 0. The van der Waals surface area contributed by atoms with Crippen molar-refractivity contribution in [2.24, 2.45) is 5.73 Å². The number of carboxylic acids is 3. The molecule has 0 aliphatic carbocycles. The fourth-order valence-electron chi connectivity index (χ4n) is 0. The maximum atomic E-state index is 9.57. The zero-order valence-corrected chi connectivity index (χ0v) is 8.22. The molecule has 14 heavy (non-hydrogen) atoms. The average molecular weight is 209 g/mol. The van der Waals surface area contributed by atoms with Crippen molar-refractivity contribution in [3.63, 3.8) is 0 Å². The second kappa shape index (κ2) is 11.4. The molecule has 0 aromatic rings. The molecule has 0 saturated heterocycles. The molecule has 0 aliphatic rings. The van der Waals surface area contributed by atoms with E-state index in [9.17, 15) is 4.79 Å². The number of rotatable bonds is 1. The highest BCUT2D eigenvalue weighted by Crippen LogP contribution is 1.68. The van der Waals surface area contributed by atoms with E-state index in [0.717, 1.165) is 13.8 Å². The van der Waals surface area contributed by atoms with Crippen LogP contribution in [-0.4, -0.2) is 39.3 Å². The number of nitrogens with two attached hydrogens (primary N) is 1. The van der Waals surface area contributed by atoms with Gasteiger partial charge >= 0.3 is 5.97 Å². The van der Waals surface area contributed by atoms with Gasteiger partial charge in [0.05, 0.1) is 0 Å². The third kappa shape index (κ3) is 162. The first-order valence-corrected chi connectivity index (χ1v) is 3.48. The molecule has 0 aliphatic heterocycles. The van der Waals surface area contributed by atoms with Crippen molar-refractivity contribution >= 4 is 17.9 Å². The van der Waals surface area contributed by atoms with E-state index in [4.69, 9.17) is 30.6 Å². The van der Waals surface area contributed by atoms with Crippen molar-refractivity contribution in [1.29, 1.82) is 0 Å². The van der Waals surface area contributed by atoms with Gasteiger partial charge in [-0.25, -0.2) is 0 Å². The number of carboxylic acid groups (broad SMARTS) is 3. The summed E-state index contributed by atoms with van der Waals surface area (Å²) in [4.78, 5) is 27.6. The molecule has 7 nitrogen and oxygen atoms in total. The molecule has 84 valence electrons. The van der Waals surface area contributed by atoms with Gasteiger partial charge in [-0.15, -0.1) is 0 Å². The van der Waals surface area contributed by atoms with E-state index in [-0.39, 0.29) is 0 Å². The van der Waals surface area contributed by atoms with E-state index < -0.39 is 23.9 Å². The molecule has 0 heterocycles. The van der Waals surface area contributed by atoms with Crippen LogP contribution < -0.4 is 5.73 Å². The molecule has 0 fully saturated rings. The quantitative estimate of drug-likeness (QED) is 0.460. The molecule has 0 bridgehead atoms. The largest absolute Gasteiger partial charge is 0.481 e. The first kappa shape index (κ1) is 18.2. The Labute approximate surface area is 81.1 Å². The number of hydrogen-bond donors (Lipinski definition) is 4. The lowest BCUT2D eigenvalue weighted by Gasteiger charge is -1.90. The lowest BCUT2D eigenvalue weighted by atomic mass is 10.4. The predicted octanol–water partition coefficient (Wildman–Crippen LogP) is -0.400. The van der Waals surface area contributed by atoms with Gasteiger partial charge in [-0.3, -0.25) is 14.4 Å². The average Bonchev–Trinajstić information content (AvgIpc) is 1.83. The Morgan fingerprint density at radius 2 is 1.07 bits per heavy atom. The van der Waals surface area contributed by atoms with E-state index in [0.29, 0.717) is 0 Å². The molecular weight excluding hydrogens is 194 g/mol. The Morgan fingerprint density at radius 3 is 1.07 bits per heavy atom. The molecule has 5 N–H and O–H groups in total. The molecule has 7 heteroatoms. The van der Waals surface area contributed by atoms with Gasteiger partial charge in [0.15, 0.2) is 0 Å².